The van der Waals surface area contributed by atoms with Gasteiger partial charge in [0.15, 0.2) is 5.60 Å². The summed E-state index contributed by atoms with van der Waals surface area (Å²) in [5.41, 5.74) is 0.365. The van der Waals surface area contributed by atoms with Crippen molar-refractivity contribution in [3.05, 3.63) is 35.4 Å². The number of aliphatic hydroxyl groups is 1. The lowest BCUT2D eigenvalue weighted by Crippen LogP contribution is -2.49. The number of esters is 1. The van der Waals surface area contributed by atoms with Gasteiger partial charge >= 0.3 is 5.97 Å². The number of likely N-dealkylation sites (tertiary alicyclic amines) is 1. The van der Waals surface area contributed by atoms with E-state index in [0.717, 1.165) is 5.56 Å². The number of nitrogens with zero attached hydrogens (tertiary/aromatic N) is 2. The van der Waals surface area contributed by atoms with Gasteiger partial charge in [0, 0.05) is 19.6 Å². The first kappa shape index (κ1) is 15.5. The van der Waals surface area contributed by atoms with Crippen molar-refractivity contribution in [1.29, 1.82) is 5.26 Å². The monoisotopic (exact) mass is 288 g/mol. The van der Waals surface area contributed by atoms with Crippen molar-refractivity contribution in [3.8, 4) is 6.07 Å². The van der Waals surface area contributed by atoms with Crippen LogP contribution in [0.2, 0.25) is 0 Å². The van der Waals surface area contributed by atoms with E-state index in [-0.39, 0.29) is 6.61 Å². The molecule has 0 saturated carbocycles. The quantitative estimate of drug-likeness (QED) is 0.849. The van der Waals surface area contributed by atoms with E-state index in [4.69, 9.17) is 10.00 Å². The smallest absolute Gasteiger partial charge is 0.338 e. The van der Waals surface area contributed by atoms with Gasteiger partial charge in [-0.3, -0.25) is 4.90 Å². The van der Waals surface area contributed by atoms with Crippen molar-refractivity contribution in [1.82, 2.24) is 4.90 Å². The third kappa shape index (κ3) is 3.81. The summed E-state index contributed by atoms with van der Waals surface area (Å²) in [4.78, 5) is 13.9. The molecule has 0 aliphatic carbocycles. The molecule has 5 nitrogen and oxygen atoms in total. The Hall–Kier alpha value is -1.90. The number of rotatable bonds is 4. The molecule has 112 valence electrons. The van der Waals surface area contributed by atoms with E-state index in [9.17, 15) is 9.90 Å². The van der Waals surface area contributed by atoms with Crippen LogP contribution in [-0.2, 0) is 16.1 Å². The topological polar surface area (TPSA) is 73.6 Å². The largest absolute Gasteiger partial charge is 0.464 e. The van der Waals surface area contributed by atoms with Crippen molar-refractivity contribution in [2.24, 2.45) is 0 Å². The van der Waals surface area contributed by atoms with Crippen LogP contribution in [0.25, 0.3) is 0 Å². The Balaban J connectivity index is 1.92. The van der Waals surface area contributed by atoms with E-state index in [1.54, 1.807) is 13.0 Å². The zero-order valence-corrected chi connectivity index (χ0v) is 12.2. The van der Waals surface area contributed by atoms with Gasteiger partial charge in [0.2, 0.25) is 0 Å². The highest BCUT2D eigenvalue weighted by Gasteiger charge is 2.40. The molecule has 1 N–H and O–H groups in total. The maximum absolute atomic E-state index is 11.7. The molecule has 1 aliphatic rings. The van der Waals surface area contributed by atoms with Gasteiger partial charge in [0.05, 0.1) is 18.2 Å². The van der Waals surface area contributed by atoms with Crippen LogP contribution < -0.4 is 0 Å². The summed E-state index contributed by atoms with van der Waals surface area (Å²) in [6, 6.07) is 9.62. The van der Waals surface area contributed by atoms with E-state index in [1.165, 1.54) is 0 Å². The number of nitriles is 1. The Morgan fingerprint density at radius 2 is 2.19 bits per heavy atom. The van der Waals surface area contributed by atoms with E-state index in [1.807, 2.05) is 18.2 Å². The molecular formula is C16H20N2O3. The number of piperidine rings is 1. The minimum Gasteiger partial charge on any atom is -0.464 e. The normalized spacial score (nSPS) is 18.0. The van der Waals surface area contributed by atoms with Crippen LogP contribution in [0, 0.1) is 11.3 Å². The Morgan fingerprint density at radius 1 is 1.48 bits per heavy atom. The highest BCUT2D eigenvalue weighted by atomic mass is 16.5. The van der Waals surface area contributed by atoms with Gasteiger partial charge < -0.3 is 9.84 Å². The van der Waals surface area contributed by atoms with Crippen molar-refractivity contribution >= 4 is 5.97 Å². The maximum atomic E-state index is 11.7. The minimum atomic E-state index is -1.35. The van der Waals surface area contributed by atoms with Crippen LogP contribution in [0.5, 0.6) is 0 Å². The van der Waals surface area contributed by atoms with Crippen molar-refractivity contribution in [3.63, 3.8) is 0 Å². The van der Waals surface area contributed by atoms with Crippen molar-refractivity contribution in [2.75, 3.05) is 19.7 Å². The number of benzene rings is 1. The molecule has 1 aliphatic heterocycles. The summed E-state index contributed by atoms with van der Waals surface area (Å²) in [5.74, 6) is -0.517. The second kappa shape index (κ2) is 6.70. The van der Waals surface area contributed by atoms with E-state index in [0.29, 0.717) is 38.0 Å². The lowest BCUT2D eigenvalue weighted by atomic mass is 9.91. The molecule has 1 aromatic rings. The summed E-state index contributed by atoms with van der Waals surface area (Å²) in [7, 11) is 0. The molecule has 0 atom stereocenters. The first-order chi connectivity index (χ1) is 10.1. The van der Waals surface area contributed by atoms with E-state index >= 15 is 0 Å². The second-order valence-corrected chi connectivity index (χ2v) is 5.34. The Morgan fingerprint density at radius 3 is 2.81 bits per heavy atom. The summed E-state index contributed by atoms with van der Waals surface area (Å²) >= 11 is 0. The van der Waals surface area contributed by atoms with Crippen molar-refractivity contribution in [2.45, 2.75) is 31.9 Å². The molecule has 0 bridgehead atoms. The second-order valence-electron chi connectivity index (χ2n) is 5.34. The van der Waals surface area contributed by atoms with Gasteiger partial charge in [0.25, 0.3) is 0 Å². The number of ether oxygens (including phenoxy) is 1. The molecule has 1 aromatic carbocycles. The summed E-state index contributed by atoms with van der Waals surface area (Å²) in [5, 5.41) is 19.2. The molecule has 1 fully saturated rings. The zero-order chi connectivity index (χ0) is 15.3. The number of carbonyl (C=O) groups excluding carboxylic acids is 1. The Bertz CT molecular complexity index is 543. The fraction of sp³-hybridized carbons (Fsp3) is 0.500. The Kier molecular flexibility index (Phi) is 4.94. The summed E-state index contributed by atoms with van der Waals surface area (Å²) in [6.07, 6.45) is 0.757. The summed E-state index contributed by atoms with van der Waals surface area (Å²) < 4.78 is 4.92. The molecule has 5 heteroatoms. The van der Waals surface area contributed by atoms with Gasteiger partial charge in [-0.25, -0.2) is 4.79 Å². The molecule has 21 heavy (non-hydrogen) atoms. The average molecular weight is 288 g/mol. The highest BCUT2D eigenvalue weighted by Crippen LogP contribution is 2.24. The minimum absolute atomic E-state index is 0.284. The van der Waals surface area contributed by atoms with Gasteiger partial charge in [-0.15, -0.1) is 0 Å². The summed E-state index contributed by atoms with van der Waals surface area (Å²) in [6.45, 7) is 4.00. The van der Waals surface area contributed by atoms with Crippen LogP contribution in [-0.4, -0.2) is 41.3 Å². The SMILES string of the molecule is CCOC(=O)C1(O)CCN(Cc2cccc(C#N)c2)CC1. The van der Waals surface area contributed by atoms with Crippen LogP contribution in [0.1, 0.15) is 30.9 Å². The fourth-order valence-corrected chi connectivity index (χ4v) is 2.55. The van der Waals surface area contributed by atoms with Crippen molar-refractivity contribution < 1.29 is 14.6 Å². The fourth-order valence-electron chi connectivity index (χ4n) is 2.55. The molecule has 2 rings (SSSR count). The molecule has 0 radical (unpaired) electrons. The van der Waals surface area contributed by atoms with E-state index < -0.39 is 11.6 Å². The average Bonchev–Trinajstić information content (AvgIpc) is 2.50. The van der Waals surface area contributed by atoms with Gasteiger partial charge in [-0.05, 0) is 37.5 Å². The van der Waals surface area contributed by atoms with Gasteiger partial charge in [0.1, 0.15) is 0 Å². The number of carbonyl (C=O) groups is 1. The molecule has 1 heterocycles. The lowest BCUT2D eigenvalue weighted by molar-refractivity contribution is -0.170. The van der Waals surface area contributed by atoms with Crippen LogP contribution in [0.3, 0.4) is 0 Å². The van der Waals surface area contributed by atoms with Crippen LogP contribution in [0.4, 0.5) is 0 Å². The van der Waals surface area contributed by atoms with Gasteiger partial charge in [-0.1, -0.05) is 12.1 Å². The van der Waals surface area contributed by atoms with Gasteiger partial charge in [-0.2, -0.15) is 5.26 Å². The number of hydrogen-bond donors (Lipinski definition) is 1. The number of hydrogen-bond acceptors (Lipinski definition) is 5. The van der Waals surface area contributed by atoms with Crippen LogP contribution in [0.15, 0.2) is 24.3 Å². The standard InChI is InChI=1S/C16H20N2O3/c1-2-21-15(19)16(20)6-8-18(9-7-16)12-14-5-3-4-13(10-14)11-17/h3-5,10,20H,2,6-9,12H2,1H3. The molecule has 0 spiro atoms. The molecular weight excluding hydrogens is 268 g/mol. The third-order valence-electron chi connectivity index (χ3n) is 3.80. The molecule has 0 aromatic heterocycles. The predicted octanol–water partition coefficient (Wildman–Crippen LogP) is 1.45. The Labute approximate surface area is 124 Å². The third-order valence-corrected chi connectivity index (χ3v) is 3.80. The van der Waals surface area contributed by atoms with Crippen LogP contribution >= 0.6 is 0 Å². The molecule has 0 amide bonds. The highest BCUT2D eigenvalue weighted by molar-refractivity contribution is 5.79. The van der Waals surface area contributed by atoms with E-state index in [2.05, 4.69) is 11.0 Å². The predicted molar refractivity (Wildman–Crippen MR) is 77.3 cm³/mol. The molecule has 0 unspecified atom stereocenters. The lowest BCUT2D eigenvalue weighted by Gasteiger charge is -2.36. The first-order valence-corrected chi connectivity index (χ1v) is 7.18. The zero-order valence-electron chi connectivity index (χ0n) is 12.2. The maximum Gasteiger partial charge on any atom is 0.338 e. The molecule has 1 saturated heterocycles. The first-order valence-electron chi connectivity index (χ1n) is 7.18.